The maximum atomic E-state index is 6.13. The van der Waals surface area contributed by atoms with Gasteiger partial charge in [0.1, 0.15) is 0 Å². The molecule has 1 fully saturated rings. The van der Waals surface area contributed by atoms with Gasteiger partial charge < -0.3 is 19.9 Å². The number of hydrogen-bond donors (Lipinski definition) is 2. The number of aromatic nitrogens is 1. The molecule has 1 aromatic heterocycles. The van der Waals surface area contributed by atoms with Gasteiger partial charge in [-0.15, -0.1) is 0 Å². The van der Waals surface area contributed by atoms with Crippen molar-refractivity contribution in [3.8, 4) is 0 Å². The maximum absolute atomic E-state index is 6.13. The van der Waals surface area contributed by atoms with Crippen molar-refractivity contribution in [1.82, 2.24) is 15.8 Å². The molecule has 6 heteroatoms. The molecule has 0 bridgehead atoms. The van der Waals surface area contributed by atoms with Gasteiger partial charge in [-0.1, -0.05) is 48.8 Å². The summed E-state index contributed by atoms with van der Waals surface area (Å²) in [5.74, 6) is 2.47. The zero-order chi connectivity index (χ0) is 21.3. The highest BCUT2D eigenvalue weighted by Gasteiger charge is 2.27. The average Bonchev–Trinajstić information content (AvgIpc) is 3.24. The molecule has 0 aliphatic carbocycles. The predicted octanol–water partition coefficient (Wildman–Crippen LogP) is 4.72. The average molecular weight is 413 g/mol. The third-order valence-electron chi connectivity index (χ3n) is 6.02. The molecule has 2 heterocycles. The Morgan fingerprint density at radius 3 is 2.67 bits per heavy atom. The highest BCUT2D eigenvalue weighted by molar-refractivity contribution is 5.79. The molecule has 0 radical (unpaired) electrons. The Balaban J connectivity index is 1.53. The summed E-state index contributed by atoms with van der Waals surface area (Å²) in [6, 6.07) is 10.7. The Kier molecular flexibility index (Phi) is 8.31. The number of hydrogen-bond acceptors (Lipinski definition) is 4. The van der Waals surface area contributed by atoms with Crippen LogP contribution in [0.5, 0.6) is 0 Å². The van der Waals surface area contributed by atoms with Gasteiger partial charge in [0.15, 0.2) is 11.7 Å². The van der Waals surface area contributed by atoms with Crippen molar-refractivity contribution in [2.24, 2.45) is 10.9 Å². The summed E-state index contributed by atoms with van der Waals surface area (Å²) in [6.45, 7) is 8.69. The maximum Gasteiger partial charge on any atom is 0.191 e. The zero-order valence-electron chi connectivity index (χ0n) is 18.8. The molecule has 1 saturated heterocycles. The van der Waals surface area contributed by atoms with Crippen molar-refractivity contribution >= 4 is 5.96 Å². The molecular formula is C24H36N4O2. The molecule has 1 aromatic carbocycles. The smallest absolute Gasteiger partial charge is 0.191 e. The molecular weight excluding hydrogens is 376 g/mol. The van der Waals surface area contributed by atoms with Crippen LogP contribution in [0.25, 0.3) is 0 Å². The van der Waals surface area contributed by atoms with E-state index in [-0.39, 0.29) is 6.10 Å². The largest absolute Gasteiger partial charge is 0.373 e. The Labute approximate surface area is 180 Å². The fourth-order valence-electron chi connectivity index (χ4n) is 4.11. The van der Waals surface area contributed by atoms with Gasteiger partial charge in [0, 0.05) is 38.1 Å². The molecule has 0 spiro atoms. The van der Waals surface area contributed by atoms with Crippen molar-refractivity contribution in [3.63, 3.8) is 0 Å². The van der Waals surface area contributed by atoms with Gasteiger partial charge in [0.2, 0.25) is 0 Å². The topological polar surface area (TPSA) is 71.7 Å². The van der Waals surface area contributed by atoms with E-state index in [9.17, 15) is 0 Å². The summed E-state index contributed by atoms with van der Waals surface area (Å²) in [6.07, 6.45) is 4.51. The monoisotopic (exact) mass is 412 g/mol. The van der Waals surface area contributed by atoms with Crippen molar-refractivity contribution in [2.75, 3.05) is 20.2 Å². The van der Waals surface area contributed by atoms with Crippen LogP contribution in [-0.2, 0) is 11.3 Å². The number of rotatable bonds is 8. The van der Waals surface area contributed by atoms with E-state index < -0.39 is 0 Å². The van der Waals surface area contributed by atoms with Crippen LogP contribution in [0.4, 0.5) is 0 Å². The fourth-order valence-corrected chi connectivity index (χ4v) is 4.11. The van der Waals surface area contributed by atoms with Gasteiger partial charge in [-0.25, -0.2) is 0 Å². The first-order valence-electron chi connectivity index (χ1n) is 11.2. The van der Waals surface area contributed by atoms with Crippen molar-refractivity contribution in [3.05, 3.63) is 52.9 Å². The van der Waals surface area contributed by atoms with Gasteiger partial charge >= 0.3 is 0 Å². The van der Waals surface area contributed by atoms with Crippen LogP contribution >= 0.6 is 0 Å². The van der Waals surface area contributed by atoms with E-state index in [0.29, 0.717) is 18.4 Å². The Morgan fingerprint density at radius 2 is 1.97 bits per heavy atom. The molecule has 2 atom stereocenters. The molecule has 30 heavy (non-hydrogen) atoms. The molecule has 1 aliphatic heterocycles. The number of guanidine groups is 1. The lowest BCUT2D eigenvalue weighted by Gasteiger charge is -2.32. The minimum atomic E-state index is 0.127. The molecule has 164 valence electrons. The molecule has 1 aliphatic rings. The second-order valence-corrected chi connectivity index (χ2v) is 8.14. The number of aliphatic imine (C=N–C) groups is 1. The first kappa shape index (κ1) is 22.3. The Morgan fingerprint density at radius 1 is 1.20 bits per heavy atom. The van der Waals surface area contributed by atoms with Crippen LogP contribution < -0.4 is 10.6 Å². The number of ether oxygens (including phenoxy) is 1. The van der Waals surface area contributed by atoms with Crippen LogP contribution in [0.1, 0.15) is 74.1 Å². The third-order valence-corrected chi connectivity index (χ3v) is 6.02. The van der Waals surface area contributed by atoms with Gasteiger partial charge in [-0.05, 0) is 38.2 Å². The molecule has 2 aromatic rings. The predicted molar refractivity (Wildman–Crippen MR) is 121 cm³/mol. The van der Waals surface area contributed by atoms with E-state index in [1.807, 2.05) is 0 Å². The standard InChI is InChI=1S/C24H36N4O2/c1-5-18(6-2)22-14-21(30-28-22)16-27-24(25-4)26-15-20-8-7-13-29-23(20)19-11-9-17(3)10-12-19/h9-12,14,18,20,23H,5-8,13,15-16H2,1-4H3,(H2,25,26,27). The van der Waals surface area contributed by atoms with Crippen molar-refractivity contribution in [2.45, 2.75) is 65.0 Å². The first-order valence-corrected chi connectivity index (χ1v) is 11.2. The number of benzene rings is 1. The van der Waals surface area contributed by atoms with E-state index in [1.54, 1.807) is 7.05 Å². The summed E-state index contributed by atoms with van der Waals surface area (Å²) in [4.78, 5) is 4.36. The molecule has 3 rings (SSSR count). The summed E-state index contributed by atoms with van der Waals surface area (Å²) in [7, 11) is 1.79. The van der Waals surface area contributed by atoms with Gasteiger partial charge in [0.05, 0.1) is 18.3 Å². The van der Waals surface area contributed by atoms with Crippen LogP contribution in [0.3, 0.4) is 0 Å². The van der Waals surface area contributed by atoms with E-state index in [0.717, 1.165) is 56.2 Å². The molecule has 2 unspecified atom stereocenters. The number of nitrogens with zero attached hydrogens (tertiary/aromatic N) is 2. The SMILES string of the molecule is CCC(CC)c1cc(CNC(=NC)NCC2CCCOC2c2ccc(C)cc2)on1. The Hall–Kier alpha value is -2.34. The van der Waals surface area contributed by atoms with Crippen molar-refractivity contribution < 1.29 is 9.26 Å². The summed E-state index contributed by atoms with van der Waals surface area (Å²) >= 11 is 0. The van der Waals surface area contributed by atoms with E-state index in [1.165, 1.54) is 11.1 Å². The van der Waals surface area contributed by atoms with Gasteiger partial charge in [0.25, 0.3) is 0 Å². The van der Waals surface area contributed by atoms with Crippen LogP contribution in [0.15, 0.2) is 39.8 Å². The van der Waals surface area contributed by atoms with Gasteiger partial charge in [-0.2, -0.15) is 0 Å². The summed E-state index contributed by atoms with van der Waals surface area (Å²) < 4.78 is 11.6. The van der Waals surface area contributed by atoms with Crippen LogP contribution in [-0.4, -0.2) is 31.3 Å². The minimum Gasteiger partial charge on any atom is -0.373 e. The second-order valence-electron chi connectivity index (χ2n) is 8.14. The normalized spacial score (nSPS) is 19.8. The van der Waals surface area contributed by atoms with Crippen molar-refractivity contribution in [1.29, 1.82) is 0 Å². The Bertz CT molecular complexity index is 796. The summed E-state index contributed by atoms with van der Waals surface area (Å²) in [5.41, 5.74) is 3.57. The summed E-state index contributed by atoms with van der Waals surface area (Å²) in [5, 5.41) is 11.0. The third kappa shape index (κ3) is 5.85. The lowest BCUT2D eigenvalue weighted by Crippen LogP contribution is -2.41. The van der Waals surface area contributed by atoms with Crippen LogP contribution in [0, 0.1) is 12.8 Å². The van der Waals surface area contributed by atoms with E-state index in [2.05, 4.69) is 71.9 Å². The molecule has 0 amide bonds. The molecule has 6 nitrogen and oxygen atoms in total. The van der Waals surface area contributed by atoms with Crippen LogP contribution in [0.2, 0.25) is 0 Å². The quantitative estimate of drug-likeness (QED) is 0.485. The molecule has 2 N–H and O–H groups in total. The second kappa shape index (κ2) is 11.2. The van der Waals surface area contributed by atoms with Gasteiger partial charge in [-0.3, -0.25) is 4.99 Å². The first-order chi connectivity index (χ1) is 14.6. The van der Waals surface area contributed by atoms with E-state index in [4.69, 9.17) is 9.26 Å². The lowest BCUT2D eigenvalue weighted by atomic mass is 9.89. The minimum absolute atomic E-state index is 0.127. The highest BCUT2D eigenvalue weighted by Crippen LogP contribution is 2.33. The molecule has 0 saturated carbocycles. The zero-order valence-corrected chi connectivity index (χ0v) is 18.8. The number of nitrogens with one attached hydrogen (secondary N) is 2. The number of aryl methyl sites for hydroxylation is 1. The highest BCUT2D eigenvalue weighted by atomic mass is 16.5. The van der Waals surface area contributed by atoms with E-state index >= 15 is 0 Å². The fraction of sp³-hybridized carbons (Fsp3) is 0.583. The lowest BCUT2D eigenvalue weighted by molar-refractivity contribution is -0.0265.